The fourth-order valence-electron chi connectivity index (χ4n) is 6.94. The van der Waals surface area contributed by atoms with Crippen molar-refractivity contribution in [1.82, 2.24) is 19.4 Å². The van der Waals surface area contributed by atoms with Crippen LogP contribution < -0.4 is 15.0 Å². The van der Waals surface area contributed by atoms with Crippen LogP contribution in [0.2, 0.25) is 0 Å². The van der Waals surface area contributed by atoms with E-state index < -0.39 is 0 Å². The Morgan fingerprint density at radius 1 is 0.800 bits per heavy atom. The van der Waals surface area contributed by atoms with Crippen LogP contribution >= 0.6 is 0 Å². The minimum absolute atomic E-state index is 0.124. The van der Waals surface area contributed by atoms with Gasteiger partial charge in [0.15, 0.2) is 11.5 Å². The Bertz CT molecular complexity index is 1810. The number of aryl methyl sites for hydroxylation is 1. The van der Waals surface area contributed by atoms with Crippen LogP contribution in [0.3, 0.4) is 0 Å². The van der Waals surface area contributed by atoms with Gasteiger partial charge in [0.05, 0.1) is 49.5 Å². The first kappa shape index (κ1) is 29.2. The summed E-state index contributed by atoms with van der Waals surface area (Å²) in [5.41, 5.74) is 3.37. The summed E-state index contributed by atoms with van der Waals surface area (Å²) < 4.78 is 18.2. The molecule has 0 aliphatic carbocycles. The first-order valence-corrected chi connectivity index (χ1v) is 15.4. The molecule has 0 bridgehead atoms. The number of hydrogen-bond donors (Lipinski definition) is 0. The summed E-state index contributed by atoms with van der Waals surface area (Å²) in [4.78, 5) is 48.8. The number of rotatable bonds is 10. The Morgan fingerprint density at radius 2 is 1.49 bits per heavy atom. The van der Waals surface area contributed by atoms with Gasteiger partial charge in [-0.15, -0.1) is 0 Å². The van der Waals surface area contributed by atoms with Crippen molar-refractivity contribution >= 4 is 22.7 Å². The van der Waals surface area contributed by atoms with Crippen LogP contribution in [0.5, 0.6) is 11.5 Å². The molecule has 0 saturated carbocycles. The average molecular weight is 609 g/mol. The van der Waals surface area contributed by atoms with E-state index in [-0.39, 0.29) is 30.3 Å². The highest BCUT2D eigenvalue weighted by Crippen LogP contribution is 2.31. The minimum atomic E-state index is -0.321. The van der Waals surface area contributed by atoms with Crippen LogP contribution in [-0.2, 0) is 30.7 Å². The Balaban J connectivity index is 1.18. The topological polar surface area (TPSA) is 103 Å². The minimum Gasteiger partial charge on any atom is -0.493 e. The molecule has 0 N–H and O–H groups in total. The molecular weight excluding hydrogens is 572 g/mol. The molecule has 0 radical (unpaired) electrons. The van der Waals surface area contributed by atoms with Gasteiger partial charge in [-0.05, 0) is 53.9 Å². The number of fused-ring (bicyclic) bond motifs is 3. The van der Waals surface area contributed by atoms with Crippen molar-refractivity contribution in [3.63, 3.8) is 0 Å². The highest BCUT2D eigenvalue weighted by Gasteiger charge is 2.37. The monoisotopic (exact) mass is 608 g/mol. The van der Waals surface area contributed by atoms with Crippen LogP contribution in [-0.4, -0.2) is 78.2 Å². The second-order valence-electron chi connectivity index (χ2n) is 12.1. The Kier molecular flexibility index (Phi) is 7.85. The average Bonchev–Trinajstić information content (AvgIpc) is 3.72. The molecule has 1 aromatic heterocycles. The van der Waals surface area contributed by atoms with Crippen molar-refractivity contribution in [3.05, 3.63) is 99.1 Å². The summed E-state index contributed by atoms with van der Waals surface area (Å²) in [6, 6.07) is 18.5. The van der Waals surface area contributed by atoms with Gasteiger partial charge in [-0.3, -0.25) is 28.8 Å². The number of nitrogens with zero attached hydrogens (tertiary/aromatic N) is 4. The third-order valence-corrected chi connectivity index (χ3v) is 9.33. The third-order valence-electron chi connectivity index (χ3n) is 9.33. The number of carbonyl (C=O) groups is 2. The molecule has 0 spiro atoms. The Hall–Kier alpha value is -4.54. The molecule has 2 saturated heterocycles. The van der Waals surface area contributed by atoms with Gasteiger partial charge < -0.3 is 14.2 Å². The van der Waals surface area contributed by atoms with E-state index in [4.69, 9.17) is 19.2 Å². The molecule has 2 atom stereocenters. The van der Waals surface area contributed by atoms with Crippen LogP contribution in [0.15, 0.2) is 65.5 Å². The second kappa shape index (κ2) is 12.1. The summed E-state index contributed by atoms with van der Waals surface area (Å²) in [6.07, 6.45) is 0.800. The van der Waals surface area contributed by atoms with E-state index >= 15 is 0 Å². The highest BCUT2D eigenvalue weighted by molar-refractivity contribution is 6.21. The first-order chi connectivity index (χ1) is 21.9. The molecule has 2 amide bonds. The van der Waals surface area contributed by atoms with Gasteiger partial charge in [0.25, 0.3) is 17.4 Å². The number of imide groups is 1. The van der Waals surface area contributed by atoms with Crippen LogP contribution in [0.1, 0.15) is 37.7 Å². The molecule has 10 heteroatoms. The van der Waals surface area contributed by atoms with Gasteiger partial charge in [0, 0.05) is 51.0 Å². The van der Waals surface area contributed by atoms with Crippen molar-refractivity contribution in [2.45, 2.75) is 25.9 Å². The fraction of sp³-hybridized carbons (Fsp3) is 0.371. The fourth-order valence-corrected chi connectivity index (χ4v) is 6.94. The number of hydrogen-bond acceptors (Lipinski definition) is 8. The lowest BCUT2D eigenvalue weighted by Gasteiger charge is -2.19. The molecule has 4 heterocycles. The number of ether oxygens (including phenoxy) is 3. The van der Waals surface area contributed by atoms with E-state index in [1.165, 1.54) is 4.90 Å². The zero-order chi connectivity index (χ0) is 31.1. The van der Waals surface area contributed by atoms with Gasteiger partial charge in [-0.2, -0.15) is 0 Å². The van der Waals surface area contributed by atoms with Crippen molar-refractivity contribution in [1.29, 1.82) is 0 Å². The summed E-state index contributed by atoms with van der Waals surface area (Å²) in [5, 5.41) is 0.544. The molecule has 10 nitrogen and oxygen atoms in total. The second-order valence-corrected chi connectivity index (χ2v) is 12.1. The van der Waals surface area contributed by atoms with E-state index in [0.717, 1.165) is 44.0 Å². The maximum Gasteiger partial charge on any atom is 0.261 e. The van der Waals surface area contributed by atoms with Gasteiger partial charge in [-0.1, -0.05) is 24.3 Å². The zero-order valence-corrected chi connectivity index (χ0v) is 25.5. The van der Waals surface area contributed by atoms with E-state index in [2.05, 4.69) is 4.90 Å². The molecule has 45 heavy (non-hydrogen) atoms. The number of aromatic nitrogens is 2. The smallest absolute Gasteiger partial charge is 0.261 e. The SMILES string of the molecule is COc1ccc(CCn2c(CCN3C(=O)c4ccccc4C3=O)nc3cc(CN4C[C@H]5COC[C@H]5C4)ccc3c2=O)cc1OC. The zero-order valence-electron chi connectivity index (χ0n) is 25.5. The number of benzene rings is 3. The molecule has 2 fully saturated rings. The van der Waals surface area contributed by atoms with Gasteiger partial charge in [0.1, 0.15) is 5.82 Å². The summed E-state index contributed by atoms with van der Waals surface area (Å²) in [5.74, 6) is 2.33. The van der Waals surface area contributed by atoms with E-state index in [1.807, 2.05) is 36.4 Å². The normalized spacial score (nSPS) is 19.4. The number of methoxy groups -OCH3 is 2. The quantitative estimate of drug-likeness (QED) is 0.252. The molecule has 3 aliphatic heterocycles. The van der Waals surface area contributed by atoms with E-state index in [0.29, 0.717) is 64.2 Å². The maximum absolute atomic E-state index is 14.0. The van der Waals surface area contributed by atoms with Crippen molar-refractivity contribution in [2.75, 3.05) is 47.1 Å². The lowest BCUT2D eigenvalue weighted by atomic mass is 10.0. The van der Waals surface area contributed by atoms with Gasteiger partial charge >= 0.3 is 0 Å². The van der Waals surface area contributed by atoms with Crippen LogP contribution in [0.4, 0.5) is 0 Å². The van der Waals surface area contributed by atoms with Crippen molar-refractivity contribution < 1.29 is 23.8 Å². The molecule has 3 aliphatic rings. The molecule has 0 unspecified atom stereocenters. The van der Waals surface area contributed by atoms with Crippen molar-refractivity contribution in [3.8, 4) is 11.5 Å². The summed E-state index contributed by atoms with van der Waals surface area (Å²) >= 11 is 0. The van der Waals surface area contributed by atoms with Gasteiger partial charge in [0.2, 0.25) is 0 Å². The summed E-state index contributed by atoms with van der Waals surface area (Å²) in [7, 11) is 3.18. The number of amides is 2. The van der Waals surface area contributed by atoms with E-state index in [9.17, 15) is 14.4 Å². The lowest BCUT2D eigenvalue weighted by molar-refractivity contribution is 0.0655. The largest absolute Gasteiger partial charge is 0.493 e. The molecule has 232 valence electrons. The standard InChI is InChI=1S/C35H36N4O6/c1-43-30-10-8-22(16-31(30)44-2)11-13-38-32(12-14-39-33(40)26-5-3-4-6-27(26)34(39)41)36-29-15-23(7-9-28(29)35(38)42)17-37-18-24-20-45-21-25(24)19-37/h3-10,15-16,24-25H,11-14,17-21H2,1-2H3/t24-,25+. The van der Waals surface area contributed by atoms with Crippen molar-refractivity contribution in [2.24, 2.45) is 11.8 Å². The molecule has 3 aromatic carbocycles. The highest BCUT2D eigenvalue weighted by atomic mass is 16.5. The van der Waals surface area contributed by atoms with Crippen LogP contribution in [0.25, 0.3) is 10.9 Å². The Morgan fingerprint density at radius 3 is 2.18 bits per heavy atom. The van der Waals surface area contributed by atoms with Gasteiger partial charge in [-0.25, -0.2) is 4.98 Å². The lowest BCUT2D eigenvalue weighted by Crippen LogP contribution is -2.34. The molecular formula is C35H36N4O6. The predicted octanol–water partition coefficient (Wildman–Crippen LogP) is 3.57. The number of likely N-dealkylation sites (tertiary alicyclic amines) is 1. The number of carbonyl (C=O) groups excluding carboxylic acids is 2. The van der Waals surface area contributed by atoms with E-state index in [1.54, 1.807) is 43.1 Å². The molecule has 4 aromatic rings. The summed E-state index contributed by atoms with van der Waals surface area (Å²) in [6.45, 7) is 4.98. The Labute approximate surface area is 261 Å². The molecule has 7 rings (SSSR count). The maximum atomic E-state index is 14.0. The first-order valence-electron chi connectivity index (χ1n) is 15.4. The third kappa shape index (κ3) is 5.49. The predicted molar refractivity (Wildman–Crippen MR) is 168 cm³/mol. The van der Waals surface area contributed by atoms with Crippen LogP contribution in [0, 0.1) is 11.8 Å².